The van der Waals surface area contributed by atoms with Crippen LogP contribution in [-0.2, 0) is 16.0 Å². The van der Waals surface area contributed by atoms with Gasteiger partial charge >= 0.3 is 0 Å². The third-order valence-electron chi connectivity index (χ3n) is 4.44. The van der Waals surface area contributed by atoms with Gasteiger partial charge in [-0.15, -0.1) is 0 Å². The number of carboxylic acid groups (broad SMARTS) is 1. The largest absolute Gasteiger partial charge is 0.483 e. The van der Waals surface area contributed by atoms with Crippen molar-refractivity contribution in [2.45, 2.75) is 38.2 Å². The third-order valence-corrected chi connectivity index (χ3v) is 5.07. The van der Waals surface area contributed by atoms with Crippen LogP contribution in [0.2, 0.25) is 10.0 Å². The van der Waals surface area contributed by atoms with E-state index in [1.165, 1.54) is 0 Å². The van der Waals surface area contributed by atoms with Crippen molar-refractivity contribution in [1.82, 2.24) is 10.3 Å². The van der Waals surface area contributed by atoms with Crippen LogP contribution in [0.15, 0.2) is 36.5 Å². The van der Waals surface area contributed by atoms with Crippen molar-refractivity contribution < 1.29 is 19.7 Å². The van der Waals surface area contributed by atoms with Crippen LogP contribution in [-0.4, -0.2) is 48.0 Å². The highest BCUT2D eigenvalue weighted by molar-refractivity contribution is 6.38. The van der Waals surface area contributed by atoms with Crippen LogP contribution in [0.5, 0.6) is 0 Å². The van der Waals surface area contributed by atoms with Gasteiger partial charge in [-0.1, -0.05) is 42.1 Å². The zero-order valence-corrected chi connectivity index (χ0v) is 19.0. The number of carbonyl (C=O) groups is 1. The number of aromatic nitrogens is 1. The molecular formula is C22H31Cl2N3O4. The van der Waals surface area contributed by atoms with Crippen LogP contribution in [0.25, 0.3) is 0 Å². The number of unbranched alkanes of at least 4 members (excludes halogenated alkanes) is 3. The Morgan fingerprint density at radius 2 is 1.81 bits per heavy atom. The molecule has 0 saturated heterocycles. The summed E-state index contributed by atoms with van der Waals surface area (Å²) in [6, 6.07) is 9.24. The fraction of sp³-hybridized carbons (Fsp3) is 0.455. The number of halogens is 2. The SMILES string of the molecule is Nc1c(Cl)cc([C@@H](O)CNCCCCCCOCCc2ccccn2)cc1Cl.O=CO. The van der Waals surface area contributed by atoms with Gasteiger partial charge in [0.1, 0.15) is 0 Å². The summed E-state index contributed by atoms with van der Waals surface area (Å²) >= 11 is 12.0. The first kappa shape index (κ1) is 27.1. The molecule has 5 N–H and O–H groups in total. The van der Waals surface area contributed by atoms with Gasteiger partial charge in [0.15, 0.2) is 0 Å². The van der Waals surface area contributed by atoms with Crippen LogP contribution < -0.4 is 11.1 Å². The molecule has 0 unspecified atom stereocenters. The fourth-order valence-electron chi connectivity index (χ4n) is 2.79. The zero-order valence-electron chi connectivity index (χ0n) is 17.5. The molecule has 0 amide bonds. The maximum absolute atomic E-state index is 10.2. The summed E-state index contributed by atoms with van der Waals surface area (Å²) in [5.74, 6) is 0. The smallest absolute Gasteiger partial charge is 0.290 e. The van der Waals surface area contributed by atoms with Crippen molar-refractivity contribution in [3.05, 3.63) is 57.8 Å². The molecule has 0 saturated carbocycles. The summed E-state index contributed by atoms with van der Waals surface area (Å²) in [6.45, 7) is 2.56. The Hall–Kier alpha value is -1.90. The molecule has 1 aromatic carbocycles. The monoisotopic (exact) mass is 471 g/mol. The Kier molecular flexibility index (Phi) is 14.7. The lowest BCUT2D eigenvalue weighted by Gasteiger charge is -2.14. The van der Waals surface area contributed by atoms with Crippen LogP contribution in [0.1, 0.15) is 43.0 Å². The Labute approximate surface area is 193 Å². The van der Waals surface area contributed by atoms with Gasteiger partial charge < -0.3 is 26.0 Å². The Bertz CT molecular complexity index is 728. The highest BCUT2D eigenvalue weighted by Crippen LogP contribution is 2.31. The number of nitrogen functional groups attached to an aromatic ring is 1. The maximum atomic E-state index is 10.2. The minimum Gasteiger partial charge on any atom is -0.483 e. The summed E-state index contributed by atoms with van der Waals surface area (Å²) in [4.78, 5) is 12.6. The number of benzene rings is 1. The second-order valence-electron chi connectivity index (χ2n) is 6.82. The quantitative estimate of drug-likeness (QED) is 0.197. The molecular weight excluding hydrogens is 441 g/mol. The third kappa shape index (κ3) is 11.9. The van der Waals surface area contributed by atoms with Gasteiger partial charge in [-0.25, -0.2) is 0 Å². The van der Waals surface area contributed by atoms with Crippen molar-refractivity contribution in [2.75, 3.05) is 32.0 Å². The van der Waals surface area contributed by atoms with Crippen LogP contribution >= 0.6 is 23.2 Å². The fourth-order valence-corrected chi connectivity index (χ4v) is 3.29. The van der Waals surface area contributed by atoms with Gasteiger partial charge in [0, 0.05) is 31.5 Å². The van der Waals surface area contributed by atoms with E-state index >= 15 is 0 Å². The van der Waals surface area contributed by atoms with E-state index in [9.17, 15) is 5.11 Å². The molecule has 31 heavy (non-hydrogen) atoms. The highest BCUT2D eigenvalue weighted by Gasteiger charge is 2.11. The number of rotatable bonds is 13. The Balaban J connectivity index is 0.00000151. The standard InChI is InChI=1S/C21H29Cl2N3O2.CH2O2/c22-18-13-16(14-19(23)21(18)24)20(27)15-25-9-4-1-2-6-11-28-12-8-17-7-3-5-10-26-17;2-1-3/h3,5,7,10,13-14,20,25,27H,1-2,4,6,8-9,11-12,15,24H2;1H,(H,2,3)/t20-;/m0./s1. The van der Waals surface area contributed by atoms with E-state index in [1.807, 2.05) is 24.4 Å². The number of aliphatic hydroxyl groups excluding tert-OH is 1. The molecule has 1 atom stereocenters. The van der Waals surface area contributed by atoms with Crippen LogP contribution in [0.3, 0.4) is 0 Å². The van der Waals surface area contributed by atoms with Gasteiger partial charge in [0.25, 0.3) is 6.47 Å². The molecule has 9 heteroatoms. The first-order valence-corrected chi connectivity index (χ1v) is 10.9. The molecule has 2 aromatic rings. The van der Waals surface area contributed by atoms with Crippen molar-refractivity contribution in [3.8, 4) is 0 Å². The summed E-state index contributed by atoms with van der Waals surface area (Å²) in [5.41, 5.74) is 7.79. The summed E-state index contributed by atoms with van der Waals surface area (Å²) in [7, 11) is 0. The zero-order chi connectivity index (χ0) is 22.9. The molecule has 2 rings (SSSR count). The molecule has 0 radical (unpaired) electrons. The van der Waals surface area contributed by atoms with Gasteiger partial charge in [-0.2, -0.15) is 0 Å². The number of ether oxygens (including phenoxy) is 1. The topological polar surface area (TPSA) is 118 Å². The summed E-state index contributed by atoms with van der Waals surface area (Å²) < 4.78 is 5.65. The van der Waals surface area contributed by atoms with Crippen LogP contribution in [0, 0.1) is 0 Å². The van der Waals surface area contributed by atoms with Crippen molar-refractivity contribution in [1.29, 1.82) is 0 Å². The average molecular weight is 472 g/mol. The number of hydrogen-bond donors (Lipinski definition) is 4. The molecule has 172 valence electrons. The lowest BCUT2D eigenvalue weighted by atomic mass is 10.1. The number of nitrogens with two attached hydrogens (primary N) is 1. The van der Waals surface area contributed by atoms with E-state index in [0.29, 0.717) is 27.8 Å². The summed E-state index contributed by atoms with van der Waals surface area (Å²) in [5, 5.41) is 21.1. The minimum absolute atomic E-state index is 0.250. The second kappa shape index (κ2) is 16.8. The van der Waals surface area contributed by atoms with E-state index in [-0.39, 0.29) is 6.47 Å². The van der Waals surface area contributed by atoms with Crippen molar-refractivity contribution in [2.24, 2.45) is 0 Å². The number of anilines is 1. The minimum atomic E-state index is -0.664. The molecule has 0 aliphatic rings. The summed E-state index contributed by atoms with van der Waals surface area (Å²) in [6.07, 6.45) is 6.39. The van der Waals surface area contributed by atoms with E-state index in [4.69, 9.17) is 43.6 Å². The van der Waals surface area contributed by atoms with E-state index < -0.39 is 6.10 Å². The Morgan fingerprint density at radius 1 is 1.13 bits per heavy atom. The van der Waals surface area contributed by atoms with E-state index in [2.05, 4.69) is 10.3 Å². The van der Waals surface area contributed by atoms with Crippen molar-refractivity contribution >= 4 is 35.4 Å². The van der Waals surface area contributed by atoms with E-state index in [1.54, 1.807) is 12.1 Å². The Morgan fingerprint density at radius 3 is 2.45 bits per heavy atom. The number of pyridine rings is 1. The molecule has 0 fully saturated rings. The lowest BCUT2D eigenvalue weighted by molar-refractivity contribution is -0.122. The normalized spacial score (nSPS) is 11.5. The van der Waals surface area contributed by atoms with Gasteiger partial charge in [-0.3, -0.25) is 9.78 Å². The molecule has 0 aliphatic heterocycles. The maximum Gasteiger partial charge on any atom is 0.290 e. The first-order valence-electron chi connectivity index (χ1n) is 10.2. The number of hydrogen-bond acceptors (Lipinski definition) is 6. The van der Waals surface area contributed by atoms with Crippen molar-refractivity contribution in [3.63, 3.8) is 0 Å². The average Bonchev–Trinajstić information content (AvgIpc) is 2.76. The van der Waals surface area contributed by atoms with Gasteiger partial charge in [-0.05, 0) is 49.2 Å². The van der Waals surface area contributed by atoms with E-state index in [0.717, 1.165) is 57.6 Å². The van der Waals surface area contributed by atoms with Crippen LogP contribution in [0.4, 0.5) is 5.69 Å². The second-order valence-corrected chi connectivity index (χ2v) is 7.64. The highest BCUT2D eigenvalue weighted by atomic mass is 35.5. The number of nitrogens with zero attached hydrogens (tertiary/aromatic N) is 1. The number of aliphatic hydroxyl groups is 1. The molecule has 0 aliphatic carbocycles. The predicted octanol–water partition coefficient (Wildman–Crippen LogP) is 4.11. The molecule has 1 heterocycles. The molecule has 7 nitrogen and oxygen atoms in total. The molecule has 1 aromatic heterocycles. The van der Waals surface area contributed by atoms with Gasteiger partial charge in [0.2, 0.25) is 0 Å². The molecule has 0 spiro atoms. The lowest BCUT2D eigenvalue weighted by Crippen LogP contribution is -2.22. The van der Waals surface area contributed by atoms with Gasteiger partial charge in [0.05, 0.1) is 28.4 Å². The molecule has 0 bridgehead atoms. The predicted molar refractivity (Wildman–Crippen MR) is 125 cm³/mol. The first-order chi connectivity index (χ1) is 15.0. The number of nitrogens with one attached hydrogen (secondary N) is 1.